The summed E-state index contributed by atoms with van der Waals surface area (Å²) in [6.45, 7) is 5.19. The van der Waals surface area contributed by atoms with Crippen LogP contribution in [0, 0.1) is 11.3 Å². The summed E-state index contributed by atoms with van der Waals surface area (Å²) < 4.78 is 5.43. The highest BCUT2D eigenvalue weighted by Gasteiger charge is 2.40. The van der Waals surface area contributed by atoms with E-state index in [9.17, 15) is 5.11 Å². The molecule has 1 aromatic rings. The highest BCUT2D eigenvalue weighted by molar-refractivity contribution is 5.54. The molecular formula is C18H29N5O2. The number of aliphatic hydroxyl groups is 1. The van der Waals surface area contributed by atoms with Crippen LogP contribution in [0.15, 0.2) is 6.07 Å². The van der Waals surface area contributed by atoms with Gasteiger partial charge in [-0.05, 0) is 25.2 Å². The fourth-order valence-electron chi connectivity index (χ4n) is 4.25. The first-order valence-corrected chi connectivity index (χ1v) is 9.51. The third-order valence-electron chi connectivity index (χ3n) is 5.79. The molecule has 0 unspecified atom stereocenters. The zero-order chi connectivity index (χ0) is 17.3. The van der Waals surface area contributed by atoms with E-state index in [0.717, 1.165) is 76.2 Å². The fraction of sp³-hybridized carbons (Fsp3) is 0.778. The van der Waals surface area contributed by atoms with E-state index in [1.54, 1.807) is 0 Å². The Kier molecular flexibility index (Phi) is 4.69. The van der Waals surface area contributed by atoms with Crippen molar-refractivity contribution in [1.29, 1.82) is 0 Å². The molecule has 138 valence electrons. The van der Waals surface area contributed by atoms with Gasteiger partial charge < -0.3 is 25.4 Å². The van der Waals surface area contributed by atoms with Gasteiger partial charge in [0.25, 0.3) is 0 Å². The highest BCUT2D eigenvalue weighted by Crippen LogP contribution is 2.45. The Bertz CT molecular complexity index is 603. The molecule has 1 saturated carbocycles. The lowest BCUT2D eigenvalue weighted by Gasteiger charge is -2.43. The molecule has 1 aromatic heterocycles. The molecule has 7 nitrogen and oxygen atoms in total. The Morgan fingerprint density at radius 2 is 1.88 bits per heavy atom. The van der Waals surface area contributed by atoms with Gasteiger partial charge in [0.15, 0.2) is 0 Å². The Morgan fingerprint density at radius 1 is 1.16 bits per heavy atom. The third kappa shape index (κ3) is 3.82. The van der Waals surface area contributed by atoms with Crippen molar-refractivity contribution in [2.24, 2.45) is 11.3 Å². The number of nitrogens with two attached hydrogens (primary N) is 1. The molecule has 25 heavy (non-hydrogen) atoms. The summed E-state index contributed by atoms with van der Waals surface area (Å²) in [5, 5.41) is 10.1. The van der Waals surface area contributed by atoms with E-state index in [4.69, 9.17) is 10.5 Å². The molecule has 1 atom stereocenters. The number of hydrogen-bond donors (Lipinski definition) is 2. The van der Waals surface area contributed by atoms with Crippen molar-refractivity contribution in [2.45, 2.75) is 32.1 Å². The second-order valence-corrected chi connectivity index (χ2v) is 7.87. The van der Waals surface area contributed by atoms with E-state index < -0.39 is 0 Å². The number of morpholine rings is 1. The summed E-state index contributed by atoms with van der Waals surface area (Å²) in [5.41, 5.74) is 6.02. The van der Waals surface area contributed by atoms with Gasteiger partial charge in [0, 0.05) is 37.7 Å². The molecule has 3 aliphatic rings. The largest absolute Gasteiger partial charge is 0.396 e. The van der Waals surface area contributed by atoms with Gasteiger partial charge in [0.05, 0.1) is 19.8 Å². The summed E-state index contributed by atoms with van der Waals surface area (Å²) in [5.74, 6) is 2.91. The maximum Gasteiger partial charge on any atom is 0.223 e. The van der Waals surface area contributed by atoms with Gasteiger partial charge in [-0.15, -0.1) is 0 Å². The van der Waals surface area contributed by atoms with Crippen molar-refractivity contribution in [3.05, 3.63) is 6.07 Å². The van der Waals surface area contributed by atoms with Crippen molar-refractivity contribution in [3.8, 4) is 0 Å². The van der Waals surface area contributed by atoms with Gasteiger partial charge in [-0.3, -0.25) is 0 Å². The van der Waals surface area contributed by atoms with Crippen LogP contribution in [0.2, 0.25) is 0 Å². The lowest BCUT2D eigenvalue weighted by atomic mass is 9.76. The minimum atomic E-state index is 0.0122. The van der Waals surface area contributed by atoms with Gasteiger partial charge in [0.2, 0.25) is 5.95 Å². The maximum atomic E-state index is 10.1. The second kappa shape index (κ2) is 6.96. The molecule has 4 rings (SSSR count). The quantitative estimate of drug-likeness (QED) is 0.829. The van der Waals surface area contributed by atoms with Gasteiger partial charge in [0.1, 0.15) is 11.6 Å². The van der Waals surface area contributed by atoms with E-state index in [1.807, 2.05) is 6.07 Å². The number of rotatable bonds is 5. The molecule has 3 N–H and O–H groups in total. The van der Waals surface area contributed by atoms with Crippen LogP contribution in [0.4, 0.5) is 17.6 Å². The first-order chi connectivity index (χ1) is 12.2. The predicted octanol–water partition coefficient (Wildman–Crippen LogP) is 1.27. The van der Waals surface area contributed by atoms with Gasteiger partial charge in [-0.25, -0.2) is 0 Å². The SMILES string of the molecule is Nc1nc(N2CCOCC2)cc(N2CCC[C@](CO)(CC3CC3)C2)n1. The number of hydrogen-bond acceptors (Lipinski definition) is 7. The van der Waals surface area contributed by atoms with Crippen LogP contribution >= 0.6 is 0 Å². The normalized spacial score (nSPS) is 27.6. The predicted molar refractivity (Wildman–Crippen MR) is 97.8 cm³/mol. The van der Waals surface area contributed by atoms with E-state index in [0.29, 0.717) is 5.95 Å². The van der Waals surface area contributed by atoms with Crippen LogP contribution < -0.4 is 15.5 Å². The summed E-state index contributed by atoms with van der Waals surface area (Å²) in [6, 6.07) is 2.05. The Balaban J connectivity index is 1.54. The van der Waals surface area contributed by atoms with Gasteiger partial charge >= 0.3 is 0 Å². The first kappa shape index (κ1) is 16.8. The second-order valence-electron chi connectivity index (χ2n) is 7.87. The molecular weight excluding hydrogens is 318 g/mol. The highest BCUT2D eigenvalue weighted by atomic mass is 16.5. The number of piperidine rings is 1. The molecule has 2 aliphatic heterocycles. The Hall–Kier alpha value is -1.60. The third-order valence-corrected chi connectivity index (χ3v) is 5.79. The number of nitrogens with zero attached hydrogens (tertiary/aromatic N) is 4. The summed E-state index contributed by atoms with van der Waals surface area (Å²) in [7, 11) is 0. The first-order valence-electron chi connectivity index (χ1n) is 9.51. The summed E-state index contributed by atoms with van der Waals surface area (Å²) in [6.07, 6.45) is 5.97. The molecule has 3 fully saturated rings. The molecule has 0 bridgehead atoms. The zero-order valence-electron chi connectivity index (χ0n) is 14.9. The Labute approximate surface area is 149 Å². The van der Waals surface area contributed by atoms with Crippen LogP contribution in [0.5, 0.6) is 0 Å². The van der Waals surface area contributed by atoms with Crippen LogP contribution in [0.3, 0.4) is 0 Å². The summed E-state index contributed by atoms with van der Waals surface area (Å²) in [4.78, 5) is 13.4. The van der Waals surface area contributed by atoms with E-state index in [2.05, 4.69) is 19.8 Å². The number of aromatic nitrogens is 2. The number of aliphatic hydroxyl groups excluding tert-OH is 1. The molecule has 2 saturated heterocycles. The fourth-order valence-corrected chi connectivity index (χ4v) is 4.25. The van der Waals surface area contributed by atoms with E-state index in [-0.39, 0.29) is 12.0 Å². The average molecular weight is 347 g/mol. The molecule has 0 amide bonds. The van der Waals surface area contributed by atoms with Crippen molar-refractivity contribution < 1.29 is 9.84 Å². The van der Waals surface area contributed by atoms with Crippen molar-refractivity contribution in [2.75, 3.05) is 61.5 Å². The lowest BCUT2D eigenvalue weighted by molar-refractivity contribution is 0.0901. The van der Waals surface area contributed by atoms with Crippen LogP contribution in [-0.4, -0.2) is 61.1 Å². The van der Waals surface area contributed by atoms with Crippen LogP contribution in [0.1, 0.15) is 32.1 Å². The Morgan fingerprint density at radius 3 is 2.56 bits per heavy atom. The van der Waals surface area contributed by atoms with Crippen LogP contribution in [-0.2, 0) is 4.74 Å². The molecule has 1 aliphatic carbocycles. The topological polar surface area (TPSA) is 87.7 Å². The van der Waals surface area contributed by atoms with Crippen LogP contribution in [0.25, 0.3) is 0 Å². The van der Waals surface area contributed by atoms with E-state index >= 15 is 0 Å². The maximum absolute atomic E-state index is 10.1. The molecule has 0 aromatic carbocycles. The number of nitrogen functional groups attached to an aromatic ring is 1. The minimum Gasteiger partial charge on any atom is -0.396 e. The zero-order valence-corrected chi connectivity index (χ0v) is 14.9. The summed E-state index contributed by atoms with van der Waals surface area (Å²) >= 11 is 0. The minimum absolute atomic E-state index is 0.0122. The molecule has 0 radical (unpaired) electrons. The molecule has 7 heteroatoms. The molecule has 0 spiro atoms. The monoisotopic (exact) mass is 347 g/mol. The smallest absolute Gasteiger partial charge is 0.223 e. The standard InChI is InChI=1S/C18H29N5O2/c19-17-20-15(22-6-8-25-9-7-22)10-16(21-17)23-5-1-4-18(12-23,13-24)11-14-2-3-14/h10,14,24H,1-9,11-13H2,(H2,19,20,21)/t18-/m0/s1. The number of ether oxygens (including phenoxy) is 1. The molecule has 3 heterocycles. The van der Waals surface area contributed by atoms with Crippen molar-refractivity contribution in [1.82, 2.24) is 9.97 Å². The van der Waals surface area contributed by atoms with E-state index in [1.165, 1.54) is 12.8 Å². The van der Waals surface area contributed by atoms with Crippen molar-refractivity contribution >= 4 is 17.6 Å². The average Bonchev–Trinajstić information content (AvgIpc) is 3.46. The van der Waals surface area contributed by atoms with Crippen molar-refractivity contribution in [3.63, 3.8) is 0 Å². The van der Waals surface area contributed by atoms with Gasteiger partial charge in [-0.2, -0.15) is 9.97 Å². The number of anilines is 3. The van der Waals surface area contributed by atoms with Gasteiger partial charge in [-0.1, -0.05) is 12.8 Å². The lowest BCUT2D eigenvalue weighted by Crippen LogP contribution is -2.46.